The molecule has 0 aliphatic rings. The second-order valence-electron chi connectivity index (χ2n) is 2.54. The van der Waals surface area contributed by atoms with Gasteiger partial charge in [0.1, 0.15) is 11.4 Å². The van der Waals surface area contributed by atoms with Gasteiger partial charge >= 0.3 is 0 Å². The molecule has 0 aliphatic heterocycles. The molecule has 0 bridgehead atoms. The maximum Gasteiger partial charge on any atom is 0.255 e. The molecule has 2 aromatic heterocycles. The fourth-order valence-corrected chi connectivity index (χ4v) is 1.98. The van der Waals surface area contributed by atoms with Crippen LogP contribution in [-0.2, 0) is 5.75 Å². The van der Waals surface area contributed by atoms with Crippen molar-refractivity contribution in [2.75, 3.05) is 0 Å². The molecule has 0 radical (unpaired) electrons. The maximum atomic E-state index is 5.89. The summed E-state index contributed by atoms with van der Waals surface area (Å²) in [7, 11) is 0. The van der Waals surface area contributed by atoms with E-state index in [1.165, 1.54) is 11.8 Å². The van der Waals surface area contributed by atoms with E-state index < -0.39 is 0 Å². The van der Waals surface area contributed by atoms with Gasteiger partial charge in [-0.1, -0.05) is 29.4 Å². The summed E-state index contributed by atoms with van der Waals surface area (Å²) in [5.74, 6) is 0.715. The summed E-state index contributed by atoms with van der Waals surface area (Å²) in [5.41, 5.74) is 0.984. The Balaban J connectivity index is 2.02. The summed E-state index contributed by atoms with van der Waals surface area (Å²) in [5, 5.41) is 1.18. The van der Waals surface area contributed by atoms with Gasteiger partial charge in [0.05, 0.1) is 6.20 Å². The smallest absolute Gasteiger partial charge is 0.255 e. The van der Waals surface area contributed by atoms with Crippen molar-refractivity contribution < 1.29 is 4.42 Å². The number of hydrogen-bond acceptors (Lipinski definition) is 4. The molecule has 3 nitrogen and oxygen atoms in total. The van der Waals surface area contributed by atoms with E-state index in [0.29, 0.717) is 16.1 Å². The van der Waals surface area contributed by atoms with Gasteiger partial charge in [-0.25, -0.2) is 9.97 Å². The number of oxazole rings is 1. The van der Waals surface area contributed by atoms with E-state index in [-0.39, 0.29) is 0 Å². The lowest BCUT2D eigenvalue weighted by molar-refractivity contribution is 0.454. The van der Waals surface area contributed by atoms with E-state index in [1.54, 1.807) is 18.7 Å². The molecule has 0 amide bonds. The first-order valence-corrected chi connectivity index (χ1v) is 5.34. The van der Waals surface area contributed by atoms with Crippen LogP contribution in [0.4, 0.5) is 0 Å². The molecular weight excluding hydrogens is 220 g/mol. The van der Waals surface area contributed by atoms with Gasteiger partial charge in [-0.3, -0.25) is 0 Å². The van der Waals surface area contributed by atoms with Crippen molar-refractivity contribution in [2.45, 2.75) is 11.0 Å². The number of aromatic nitrogens is 2. The van der Waals surface area contributed by atoms with Gasteiger partial charge < -0.3 is 4.42 Å². The highest BCUT2D eigenvalue weighted by molar-refractivity contribution is 7.98. The molecule has 0 aliphatic carbocycles. The van der Waals surface area contributed by atoms with Crippen LogP contribution in [0.2, 0.25) is 5.15 Å². The zero-order valence-corrected chi connectivity index (χ0v) is 8.76. The number of hydrogen-bond donors (Lipinski definition) is 0. The van der Waals surface area contributed by atoms with Crippen LogP contribution in [-0.4, -0.2) is 9.97 Å². The van der Waals surface area contributed by atoms with Crippen LogP contribution in [0.15, 0.2) is 40.4 Å². The molecule has 5 heteroatoms. The first-order valence-electron chi connectivity index (χ1n) is 3.98. The van der Waals surface area contributed by atoms with Crippen LogP contribution >= 0.6 is 23.4 Å². The molecule has 0 atom stereocenters. The second-order valence-corrected chi connectivity index (χ2v) is 3.82. The predicted molar refractivity (Wildman–Crippen MR) is 55.3 cm³/mol. The molecule has 0 aromatic carbocycles. The Hall–Kier alpha value is -1.00. The third kappa shape index (κ3) is 2.27. The van der Waals surface area contributed by atoms with Crippen molar-refractivity contribution in [2.24, 2.45) is 0 Å². The highest BCUT2D eigenvalue weighted by Crippen LogP contribution is 2.23. The SMILES string of the molecule is Clc1ncccc1CSc1ncco1. The molecular formula is C9H7ClN2OS. The van der Waals surface area contributed by atoms with E-state index in [9.17, 15) is 0 Å². The molecule has 0 N–H and O–H groups in total. The minimum Gasteiger partial charge on any atom is -0.440 e. The summed E-state index contributed by atoms with van der Waals surface area (Å²) in [6, 6.07) is 3.79. The predicted octanol–water partition coefficient (Wildman–Crippen LogP) is 3.02. The zero-order chi connectivity index (χ0) is 9.80. The van der Waals surface area contributed by atoms with Crippen LogP contribution in [0.3, 0.4) is 0 Å². The molecule has 0 spiro atoms. The minimum atomic E-state index is 0.534. The van der Waals surface area contributed by atoms with Gasteiger partial charge in [-0.05, 0) is 11.6 Å². The Labute approximate surface area is 90.5 Å². The van der Waals surface area contributed by atoms with Gasteiger partial charge in [-0.15, -0.1) is 0 Å². The molecule has 0 saturated heterocycles. The summed E-state index contributed by atoms with van der Waals surface area (Å²) >= 11 is 7.38. The van der Waals surface area contributed by atoms with E-state index in [4.69, 9.17) is 16.0 Å². The lowest BCUT2D eigenvalue weighted by atomic mass is 10.3. The van der Waals surface area contributed by atoms with Gasteiger partial charge in [0, 0.05) is 11.9 Å². The molecule has 2 aromatic rings. The molecule has 2 heterocycles. The van der Waals surface area contributed by atoms with Crippen molar-refractivity contribution in [3.8, 4) is 0 Å². The number of nitrogens with zero attached hydrogens (tertiary/aromatic N) is 2. The number of pyridine rings is 1. The molecule has 0 saturated carbocycles. The van der Waals surface area contributed by atoms with Crippen molar-refractivity contribution >= 4 is 23.4 Å². The van der Waals surface area contributed by atoms with Crippen molar-refractivity contribution in [3.63, 3.8) is 0 Å². The van der Waals surface area contributed by atoms with E-state index in [2.05, 4.69) is 9.97 Å². The summed E-state index contributed by atoms with van der Waals surface area (Å²) in [6.45, 7) is 0. The fourth-order valence-electron chi connectivity index (χ4n) is 0.948. The Bertz CT molecular complexity index is 405. The van der Waals surface area contributed by atoms with Gasteiger partial charge in [-0.2, -0.15) is 0 Å². The number of thioether (sulfide) groups is 1. The topological polar surface area (TPSA) is 38.9 Å². The fraction of sp³-hybridized carbons (Fsp3) is 0.111. The third-order valence-electron chi connectivity index (χ3n) is 1.60. The lowest BCUT2D eigenvalue weighted by Crippen LogP contribution is -1.84. The minimum absolute atomic E-state index is 0.534. The van der Waals surface area contributed by atoms with Crippen LogP contribution in [0.5, 0.6) is 0 Å². The van der Waals surface area contributed by atoms with Gasteiger partial charge in [0.2, 0.25) is 0 Å². The first kappa shape index (κ1) is 9.55. The average molecular weight is 227 g/mol. The zero-order valence-electron chi connectivity index (χ0n) is 7.18. The quantitative estimate of drug-likeness (QED) is 0.596. The standard InChI is InChI=1S/C9H7ClN2OS/c10-8-7(2-1-3-11-8)6-14-9-12-4-5-13-9/h1-5H,6H2. The number of halogens is 1. The molecule has 0 fully saturated rings. The first-order chi connectivity index (χ1) is 6.86. The summed E-state index contributed by atoms with van der Waals surface area (Å²) in [4.78, 5) is 7.97. The van der Waals surface area contributed by atoms with Crippen LogP contribution in [0, 0.1) is 0 Å². The molecule has 72 valence electrons. The van der Waals surface area contributed by atoms with Crippen molar-refractivity contribution in [1.29, 1.82) is 0 Å². The molecule has 14 heavy (non-hydrogen) atoms. The van der Waals surface area contributed by atoms with E-state index in [1.807, 2.05) is 12.1 Å². The average Bonchev–Trinajstić information content (AvgIpc) is 2.69. The Morgan fingerprint density at radius 1 is 1.36 bits per heavy atom. The normalized spacial score (nSPS) is 10.4. The van der Waals surface area contributed by atoms with Gasteiger partial charge in [0.15, 0.2) is 0 Å². The van der Waals surface area contributed by atoms with Crippen LogP contribution in [0.25, 0.3) is 0 Å². The summed E-state index contributed by atoms with van der Waals surface area (Å²) in [6.07, 6.45) is 4.84. The largest absolute Gasteiger partial charge is 0.440 e. The van der Waals surface area contributed by atoms with Crippen molar-refractivity contribution in [3.05, 3.63) is 41.5 Å². The second kappa shape index (κ2) is 4.48. The Morgan fingerprint density at radius 2 is 2.29 bits per heavy atom. The van der Waals surface area contributed by atoms with Crippen LogP contribution in [0.1, 0.15) is 5.56 Å². The lowest BCUT2D eigenvalue weighted by Gasteiger charge is -1.99. The van der Waals surface area contributed by atoms with Crippen LogP contribution < -0.4 is 0 Å². The summed E-state index contributed by atoms with van der Waals surface area (Å²) < 4.78 is 5.08. The van der Waals surface area contributed by atoms with Gasteiger partial charge in [0.25, 0.3) is 5.22 Å². The Morgan fingerprint density at radius 3 is 3.00 bits per heavy atom. The highest BCUT2D eigenvalue weighted by atomic mass is 35.5. The van der Waals surface area contributed by atoms with E-state index >= 15 is 0 Å². The molecule has 2 rings (SSSR count). The monoisotopic (exact) mass is 226 g/mol. The number of rotatable bonds is 3. The highest BCUT2D eigenvalue weighted by Gasteiger charge is 2.03. The third-order valence-corrected chi connectivity index (χ3v) is 2.84. The molecule has 0 unspecified atom stereocenters. The van der Waals surface area contributed by atoms with Crippen molar-refractivity contribution in [1.82, 2.24) is 9.97 Å². The van der Waals surface area contributed by atoms with E-state index in [0.717, 1.165) is 5.56 Å². The Kier molecular flexibility index (Phi) is 3.06. The maximum absolute atomic E-state index is 5.89.